The summed E-state index contributed by atoms with van der Waals surface area (Å²) < 4.78 is 31.3. The normalized spacial score (nSPS) is 23.9. The average molecular weight is 520 g/mol. The second-order valence-corrected chi connectivity index (χ2v) is 7.62. The van der Waals surface area contributed by atoms with Crippen molar-refractivity contribution in [2.75, 3.05) is 26.9 Å². The van der Waals surface area contributed by atoms with Crippen LogP contribution in [0.15, 0.2) is 0 Å². The van der Waals surface area contributed by atoms with Gasteiger partial charge < -0.3 is 44.4 Å². The van der Waals surface area contributed by atoms with Crippen LogP contribution in [0, 0.1) is 0 Å². The Balaban J connectivity index is 2.97. The van der Waals surface area contributed by atoms with Gasteiger partial charge in [0.1, 0.15) is 24.8 Å². The number of ether oxygens (including phenoxy) is 6. The van der Waals surface area contributed by atoms with E-state index < -0.39 is 79.0 Å². The molecule has 3 N–H and O–H groups in total. The molecule has 3 amide bonds. The highest BCUT2D eigenvalue weighted by Gasteiger charge is 2.51. The molecule has 1 saturated heterocycles. The van der Waals surface area contributed by atoms with Crippen LogP contribution in [0.25, 0.3) is 0 Å². The molecular weight excluding hydrogens is 486 g/mol. The van der Waals surface area contributed by atoms with Gasteiger partial charge in [0.2, 0.25) is 5.91 Å². The molecule has 0 aliphatic carbocycles. The molecular formula is C21H33N3O12. The van der Waals surface area contributed by atoms with Crippen molar-refractivity contribution in [2.45, 2.75) is 71.3 Å². The van der Waals surface area contributed by atoms with Gasteiger partial charge in [-0.25, -0.2) is 9.59 Å². The SMILES string of the molecule is CCOC(=O)[C@H](C)NC(=O)CNC(=O)N[C@H]1[C@H](OC)O[C@H](COC(C)=O)[C@@H](OC(C)=O)[C@@H]1OC(C)=O. The predicted molar refractivity (Wildman–Crippen MR) is 118 cm³/mol. The average Bonchev–Trinajstić information content (AvgIpc) is 2.78. The maximum atomic E-state index is 12.5. The standard InChI is InChI=1S/C21H33N3O12/c1-7-32-19(29)10(2)23-15(28)8-22-21(30)24-16-18(35-13(5)27)17(34-12(4)26)14(9-33-11(3)25)36-20(16)31-6/h10,14,16-18,20H,7-9H2,1-6H3,(H,23,28)(H2,22,24,30)/t10-,14+,16+,17+,18+,20+/m0/s1. The number of hydrogen-bond acceptors (Lipinski definition) is 12. The van der Waals surface area contributed by atoms with E-state index in [1.54, 1.807) is 6.92 Å². The number of urea groups is 1. The lowest BCUT2D eigenvalue weighted by atomic mass is 9.96. The molecule has 1 aliphatic rings. The number of carbonyl (C=O) groups is 6. The number of amides is 3. The van der Waals surface area contributed by atoms with Crippen LogP contribution in [0.2, 0.25) is 0 Å². The Labute approximate surface area is 207 Å². The lowest BCUT2D eigenvalue weighted by Gasteiger charge is -2.44. The molecule has 36 heavy (non-hydrogen) atoms. The molecule has 1 aliphatic heterocycles. The van der Waals surface area contributed by atoms with Gasteiger partial charge in [-0.15, -0.1) is 0 Å². The van der Waals surface area contributed by atoms with Gasteiger partial charge in [0.05, 0.1) is 13.2 Å². The van der Waals surface area contributed by atoms with E-state index in [2.05, 4.69) is 16.0 Å². The van der Waals surface area contributed by atoms with Crippen LogP contribution in [0.3, 0.4) is 0 Å². The van der Waals surface area contributed by atoms with E-state index in [4.69, 9.17) is 28.4 Å². The molecule has 0 saturated carbocycles. The summed E-state index contributed by atoms with van der Waals surface area (Å²) in [5.74, 6) is -3.46. The van der Waals surface area contributed by atoms with Crippen molar-refractivity contribution in [3.8, 4) is 0 Å². The number of rotatable bonds is 11. The Morgan fingerprint density at radius 1 is 0.917 bits per heavy atom. The molecule has 6 atom stereocenters. The molecule has 0 unspecified atom stereocenters. The Bertz CT molecular complexity index is 820. The molecule has 0 bridgehead atoms. The van der Waals surface area contributed by atoms with Crippen molar-refractivity contribution in [2.24, 2.45) is 0 Å². The fraction of sp³-hybridized carbons (Fsp3) is 0.714. The van der Waals surface area contributed by atoms with Gasteiger partial charge in [0.15, 0.2) is 18.5 Å². The second-order valence-electron chi connectivity index (χ2n) is 7.62. The van der Waals surface area contributed by atoms with Gasteiger partial charge in [-0.05, 0) is 13.8 Å². The predicted octanol–water partition coefficient (Wildman–Crippen LogP) is -1.48. The molecule has 0 aromatic rings. The molecule has 204 valence electrons. The van der Waals surface area contributed by atoms with Crippen molar-refractivity contribution in [3.05, 3.63) is 0 Å². The zero-order chi connectivity index (χ0) is 27.4. The van der Waals surface area contributed by atoms with Gasteiger partial charge >= 0.3 is 29.9 Å². The zero-order valence-electron chi connectivity index (χ0n) is 21.0. The van der Waals surface area contributed by atoms with E-state index in [9.17, 15) is 28.8 Å². The van der Waals surface area contributed by atoms with Crippen LogP contribution < -0.4 is 16.0 Å². The molecule has 1 rings (SSSR count). The fourth-order valence-corrected chi connectivity index (χ4v) is 3.24. The highest BCUT2D eigenvalue weighted by Crippen LogP contribution is 2.27. The summed E-state index contributed by atoms with van der Waals surface area (Å²) in [6.45, 7) is 5.70. The summed E-state index contributed by atoms with van der Waals surface area (Å²) in [5, 5.41) is 7.12. The third kappa shape index (κ3) is 10.0. The molecule has 0 aromatic carbocycles. The summed E-state index contributed by atoms with van der Waals surface area (Å²) in [6.07, 6.45) is -4.92. The van der Waals surface area contributed by atoms with E-state index in [-0.39, 0.29) is 13.2 Å². The van der Waals surface area contributed by atoms with E-state index in [0.717, 1.165) is 13.8 Å². The largest absolute Gasteiger partial charge is 0.464 e. The number of hydrogen-bond donors (Lipinski definition) is 3. The Morgan fingerprint density at radius 3 is 2.06 bits per heavy atom. The Morgan fingerprint density at radius 2 is 1.53 bits per heavy atom. The zero-order valence-corrected chi connectivity index (χ0v) is 21.0. The Kier molecular flexibility index (Phi) is 12.6. The highest BCUT2D eigenvalue weighted by molar-refractivity contribution is 5.87. The van der Waals surface area contributed by atoms with E-state index in [0.29, 0.717) is 0 Å². The monoisotopic (exact) mass is 519 g/mol. The van der Waals surface area contributed by atoms with Crippen LogP contribution in [0.4, 0.5) is 4.79 Å². The first-order valence-electron chi connectivity index (χ1n) is 11.1. The third-order valence-electron chi connectivity index (χ3n) is 4.66. The first kappa shape index (κ1) is 30.6. The van der Waals surface area contributed by atoms with Crippen molar-refractivity contribution in [1.82, 2.24) is 16.0 Å². The van der Waals surface area contributed by atoms with Crippen molar-refractivity contribution in [3.63, 3.8) is 0 Å². The fourth-order valence-electron chi connectivity index (χ4n) is 3.24. The molecule has 0 aromatic heterocycles. The number of nitrogens with one attached hydrogen (secondary N) is 3. The van der Waals surface area contributed by atoms with Gasteiger partial charge in [-0.1, -0.05) is 0 Å². The lowest BCUT2D eigenvalue weighted by molar-refractivity contribution is -0.270. The van der Waals surface area contributed by atoms with Crippen molar-refractivity contribution in [1.29, 1.82) is 0 Å². The second kappa shape index (κ2) is 14.8. The molecule has 0 radical (unpaired) electrons. The summed E-state index contributed by atoms with van der Waals surface area (Å²) in [7, 11) is 1.25. The maximum Gasteiger partial charge on any atom is 0.328 e. The number of methoxy groups -OCH3 is 1. The van der Waals surface area contributed by atoms with Crippen molar-refractivity contribution >= 4 is 35.8 Å². The topological polar surface area (TPSA) is 194 Å². The number of esters is 4. The molecule has 0 spiro atoms. The minimum absolute atomic E-state index is 0.142. The highest BCUT2D eigenvalue weighted by atomic mass is 16.7. The summed E-state index contributed by atoms with van der Waals surface area (Å²) in [6, 6.07) is -3.03. The summed E-state index contributed by atoms with van der Waals surface area (Å²) in [4.78, 5) is 71.0. The van der Waals surface area contributed by atoms with E-state index >= 15 is 0 Å². The van der Waals surface area contributed by atoms with Crippen LogP contribution in [-0.2, 0) is 52.4 Å². The van der Waals surface area contributed by atoms with E-state index in [1.807, 2.05) is 0 Å². The van der Waals surface area contributed by atoms with Crippen molar-refractivity contribution < 1.29 is 57.2 Å². The first-order chi connectivity index (χ1) is 16.9. The van der Waals surface area contributed by atoms with E-state index in [1.165, 1.54) is 21.0 Å². The minimum atomic E-state index is -1.31. The van der Waals surface area contributed by atoms with Gasteiger partial charge in [-0.3, -0.25) is 19.2 Å². The summed E-state index contributed by atoms with van der Waals surface area (Å²) in [5.41, 5.74) is 0. The molecule has 1 fully saturated rings. The molecule has 1 heterocycles. The van der Waals surface area contributed by atoms with Gasteiger partial charge in [-0.2, -0.15) is 0 Å². The summed E-state index contributed by atoms with van der Waals surface area (Å²) >= 11 is 0. The Hall–Kier alpha value is -3.46. The molecule has 15 nitrogen and oxygen atoms in total. The lowest BCUT2D eigenvalue weighted by Crippen LogP contribution is -2.67. The quantitative estimate of drug-likeness (QED) is 0.212. The first-order valence-corrected chi connectivity index (χ1v) is 11.1. The maximum absolute atomic E-state index is 12.5. The molecule has 15 heteroatoms. The minimum Gasteiger partial charge on any atom is -0.464 e. The smallest absolute Gasteiger partial charge is 0.328 e. The number of carbonyl (C=O) groups excluding carboxylic acids is 6. The van der Waals surface area contributed by atoms with Crippen LogP contribution in [0.1, 0.15) is 34.6 Å². The van der Waals surface area contributed by atoms with Crippen LogP contribution in [0.5, 0.6) is 0 Å². The third-order valence-corrected chi connectivity index (χ3v) is 4.66. The van der Waals surface area contributed by atoms with Crippen LogP contribution in [-0.4, -0.2) is 99.4 Å². The van der Waals surface area contributed by atoms with Gasteiger partial charge in [0, 0.05) is 27.9 Å². The van der Waals surface area contributed by atoms with Gasteiger partial charge in [0.25, 0.3) is 0 Å². The van der Waals surface area contributed by atoms with Crippen LogP contribution >= 0.6 is 0 Å².